The molecule has 0 aliphatic heterocycles. The van der Waals surface area contributed by atoms with Crippen LogP contribution in [0.25, 0.3) is 0 Å². The smallest absolute Gasteiger partial charge is 0.0276 e. The van der Waals surface area contributed by atoms with Crippen LogP contribution in [0.5, 0.6) is 0 Å². The van der Waals surface area contributed by atoms with Crippen molar-refractivity contribution in [2.24, 2.45) is 16.8 Å². The zero-order chi connectivity index (χ0) is 13.7. The van der Waals surface area contributed by atoms with E-state index < -0.39 is 0 Å². The summed E-state index contributed by atoms with van der Waals surface area (Å²) < 4.78 is 0. The summed E-state index contributed by atoms with van der Waals surface area (Å²) in [4.78, 5) is 4.55. The van der Waals surface area contributed by atoms with Gasteiger partial charge in [0, 0.05) is 12.8 Å². The van der Waals surface area contributed by atoms with Gasteiger partial charge in [0.25, 0.3) is 0 Å². The molecule has 0 spiro atoms. The molecule has 0 N–H and O–H groups in total. The summed E-state index contributed by atoms with van der Waals surface area (Å²) in [5, 5.41) is 0. The molecule has 1 heteroatoms. The molecule has 104 valence electrons. The van der Waals surface area contributed by atoms with Crippen LogP contribution in [0.3, 0.4) is 0 Å². The first-order valence-corrected chi connectivity index (χ1v) is 7.67. The first-order valence-electron chi connectivity index (χ1n) is 7.67. The topological polar surface area (TPSA) is 12.4 Å². The second kappa shape index (κ2) is 13.7. The molecule has 0 aromatic carbocycles. The second-order valence-electron chi connectivity index (χ2n) is 4.59. The van der Waals surface area contributed by atoms with Crippen molar-refractivity contribution in [3.05, 3.63) is 0 Å². The van der Waals surface area contributed by atoms with Crippen molar-refractivity contribution in [1.82, 2.24) is 0 Å². The van der Waals surface area contributed by atoms with Crippen molar-refractivity contribution in [3.63, 3.8) is 0 Å². The summed E-state index contributed by atoms with van der Waals surface area (Å²) in [5.41, 5.74) is 1.47. The van der Waals surface area contributed by atoms with Crippen LogP contribution in [-0.4, -0.2) is 12.8 Å². The lowest BCUT2D eigenvalue weighted by Crippen LogP contribution is -2.21. The molecule has 0 radical (unpaired) electrons. The van der Waals surface area contributed by atoms with Gasteiger partial charge < -0.3 is 0 Å². The van der Waals surface area contributed by atoms with E-state index in [-0.39, 0.29) is 0 Å². The van der Waals surface area contributed by atoms with Crippen LogP contribution in [0.1, 0.15) is 80.1 Å². The van der Waals surface area contributed by atoms with E-state index in [1.807, 2.05) is 20.9 Å². The average molecular weight is 241 g/mol. The number of rotatable bonds is 8. The quantitative estimate of drug-likeness (QED) is 0.481. The van der Waals surface area contributed by atoms with Gasteiger partial charge in [-0.15, -0.1) is 0 Å². The van der Waals surface area contributed by atoms with E-state index in [4.69, 9.17) is 0 Å². The van der Waals surface area contributed by atoms with Gasteiger partial charge in [0.2, 0.25) is 0 Å². The fraction of sp³-hybridized carbons (Fsp3) is 0.938. The van der Waals surface area contributed by atoms with E-state index in [1.165, 1.54) is 44.2 Å². The normalized spacial score (nSPS) is 14.9. The SMILES string of the molecule is CC.CCCCC(C)C(=NC)C(CC)CCC. The van der Waals surface area contributed by atoms with Crippen LogP contribution in [0.15, 0.2) is 4.99 Å². The van der Waals surface area contributed by atoms with E-state index in [9.17, 15) is 0 Å². The van der Waals surface area contributed by atoms with E-state index in [0.29, 0.717) is 5.92 Å². The molecule has 17 heavy (non-hydrogen) atoms. The van der Waals surface area contributed by atoms with Crippen LogP contribution < -0.4 is 0 Å². The predicted molar refractivity (Wildman–Crippen MR) is 82.1 cm³/mol. The lowest BCUT2D eigenvalue weighted by atomic mass is 9.85. The van der Waals surface area contributed by atoms with Crippen LogP contribution >= 0.6 is 0 Å². The fourth-order valence-electron chi connectivity index (χ4n) is 2.37. The number of hydrogen-bond acceptors (Lipinski definition) is 1. The summed E-state index contributed by atoms with van der Waals surface area (Å²) in [6, 6.07) is 0. The van der Waals surface area contributed by atoms with Gasteiger partial charge in [-0.1, -0.05) is 60.8 Å². The minimum atomic E-state index is 0.687. The first kappa shape index (κ1) is 19.0. The van der Waals surface area contributed by atoms with Crippen LogP contribution in [0.2, 0.25) is 0 Å². The molecule has 0 saturated heterocycles. The summed E-state index contributed by atoms with van der Waals surface area (Å²) in [5.74, 6) is 1.42. The van der Waals surface area contributed by atoms with E-state index >= 15 is 0 Å². The fourth-order valence-corrected chi connectivity index (χ4v) is 2.37. The van der Waals surface area contributed by atoms with Gasteiger partial charge in [-0.3, -0.25) is 4.99 Å². The van der Waals surface area contributed by atoms with Gasteiger partial charge in [-0.2, -0.15) is 0 Å². The molecule has 2 atom stereocenters. The number of nitrogens with zero attached hydrogens (tertiary/aromatic N) is 1. The Morgan fingerprint density at radius 1 is 1.00 bits per heavy atom. The molecule has 0 amide bonds. The molecule has 0 saturated carbocycles. The maximum Gasteiger partial charge on any atom is 0.0276 e. The van der Waals surface area contributed by atoms with Crippen LogP contribution in [0.4, 0.5) is 0 Å². The second-order valence-corrected chi connectivity index (χ2v) is 4.59. The third-order valence-electron chi connectivity index (χ3n) is 3.30. The highest BCUT2D eigenvalue weighted by atomic mass is 14.7. The number of aliphatic imine (C=N–C) groups is 1. The first-order chi connectivity index (χ1) is 8.21. The lowest BCUT2D eigenvalue weighted by Gasteiger charge is -2.22. The Morgan fingerprint density at radius 3 is 1.94 bits per heavy atom. The summed E-state index contributed by atoms with van der Waals surface area (Å²) in [6.07, 6.45) is 7.77. The zero-order valence-corrected chi connectivity index (χ0v) is 13.3. The third kappa shape index (κ3) is 8.40. The molecule has 0 rings (SSSR count). The van der Waals surface area contributed by atoms with Gasteiger partial charge in [0.1, 0.15) is 0 Å². The van der Waals surface area contributed by atoms with Gasteiger partial charge in [0.15, 0.2) is 0 Å². The van der Waals surface area contributed by atoms with Gasteiger partial charge in [-0.05, 0) is 31.1 Å². The van der Waals surface area contributed by atoms with Gasteiger partial charge in [0.05, 0.1) is 0 Å². The Balaban J connectivity index is 0. The molecule has 0 bridgehead atoms. The predicted octanol–water partition coefficient (Wildman–Crippen LogP) is 5.74. The molecule has 0 aromatic heterocycles. The molecule has 0 heterocycles. The zero-order valence-electron chi connectivity index (χ0n) is 13.3. The minimum absolute atomic E-state index is 0.687. The number of hydrogen-bond donors (Lipinski definition) is 0. The summed E-state index contributed by atoms with van der Waals surface area (Å²) in [7, 11) is 1.97. The molecule has 2 unspecified atom stereocenters. The van der Waals surface area contributed by atoms with Crippen LogP contribution in [-0.2, 0) is 0 Å². The van der Waals surface area contributed by atoms with Crippen molar-refractivity contribution in [1.29, 1.82) is 0 Å². The van der Waals surface area contributed by atoms with Crippen LogP contribution in [0, 0.1) is 11.8 Å². The third-order valence-corrected chi connectivity index (χ3v) is 3.30. The van der Waals surface area contributed by atoms with E-state index in [1.54, 1.807) is 0 Å². The average Bonchev–Trinajstić information content (AvgIpc) is 2.38. The van der Waals surface area contributed by atoms with Crippen molar-refractivity contribution >= 4 is 5.71 Å². The Kier molecular flexibility index (Phi) is 15.4. The maximum absolute atomic E-state index is 4.55. The Bertz CT molecular complexity index is 172. The van der Waals surface area contributed by atoms with Gasteiger partial charge >= 0.3 is 0 Å². The number of unbranched alkanes of at least 4 members (excludes halogenated alkanes) is 1. The van der Waals surface area contributed by atoms with Crippen molar-refractivity contribution in [2.75, 3.05) is 7.05 Å². The Hall–Kier alpha value is -0.330. The maximum atomic E-state index is 4.55. The molecular weight excluding hydrogens is 206 g/mol. The summed E-state index contributed by atoms with van der Waals surface area (Å²) >= 11 is 0. The highest BCUT2D eigenvalue weighted by molar-refractivity contribution is 5.88. The molecule has 0 aliphatic rings. The van der Waals surface area contributed by atoms with Crippen molar-refractivity contribution in [2.45, 2.75) is 80.1 Å². The molecule has 1 nitrogen and oxygen atoms in total. The molecular formula is C16H35N. The lowest BCUT2D eigenvalue weighted by molar-refractivity contribution is 0.536. The largest absolute Gasteiger partial charge is 0.297 e. The van der Waals surface area contributed by atoms with Crippen molar-refractivity contribution in [3.8, 4) is 0 Å². The van der Waals surface area contributed by atoms with Gasteiger partial charge in [-0.25, -0.2) is 0 Å². The molecule has 0 fully saturated rings. The summed E-state index contributed by atoms with van der Waals surface area (Å²) in [6.45, 7) is 13.2. The van der Waals surface area contributed by atoms with E-state index in [0.717, 1.165) is 5.92 Å². The van der Waals surface area contributed by atoms with E-state index in [2.05, 4.69) is 32.7 Å². The highest BCUT2D eigenvalue weighted by Crippen LogP contribution is 2.21. The molecule has 0 aromatic rings. The molecule has 0 aliphatic carbocycles. The monoisotopic (exact) mass is 241 g/mol. The Labute approximate surface area is 110 Å². The minimum Gasteiger partial charge on any atom is -0.297 e. The van der Waals surface area contributed by atoms with Crippen molar-refractivity contribution < 1.29 is 0 Å². The standard InChI is InChI=1S/C14H29N.C2H6/c1-6-9-11-12(4)14(15-5)13(8-3)10-7-2;1-2/h12-13H,6-11H2,1-5H3;1-2H3. The Morgan fingerprint density at radius 2 is 1.59 bits per heavy atom. The highest BCUT2D eigenvalue weighted by Gasteiger charge is 2.18.